The van der Waals surface area contributed by atoms with Gasteiger partial charge in [-0.1, -0.05) is 6.92 Å². The summed E-state index contributed by atoms with van der Waals surface area (Å²) >= 11 is 0. The predicted octanol–water partition coefficient (Wildman–Crippen LogP) is 3.12. The van der Waals surface area contributed by atoms with Crippen LogP contribution in [0.3, 0.4) is 0 Å². The van der Waals surface area contributed by atoms with E-state index in [2.05, 4.69) is 5.32 Å². The molecule has 6 heteroatoms. The van der Waals surface area contributed by atoms with Crippen molar-refractivity contribution in [1.29, 1.82) is 0 Å². The second-order valence-electron chi connectivity index (χ2n) is 5.35. The second-order valence-corrected chi connectivity index (χ2v) is 5.35. The summed E-state index contributed by atoms with van der Waals surface area (Å²) in [5, 5.41) is 2.86. The highest BCUT2D eigenvalue weighted by Gasteiger charge is 2.15. The normalized spacial score (nSPS) is 13.7. The van der Waals surface area contributed by atoms with Gasteiger partial charge in [0.2, 0.25) is 6.79 Å². The van der Waals surface area contributed by atoms with Gasteiger partial charge in [-0.3, -0.25) is 4.79 Å². The van der Waals surface area contributed by atoms with Crippen molar-refractivity contribution in [3.63, 3.8) is 0 Å². The van der Waals surface area contributed by atoms with Gasteiger partial charge in [-0.05, 0) is 37.6 Å². The van der Waals surface area contributed by atoms with Crippen LogP contribution in [0.25, 0.3) is 0 Å². The molecule has 6 nitrogen and oxygen atoms in total. The molecule has 0 saturated carbocycles. The lowest BCUT2D eigenvalue weighted by molar-refractivity contribution is 0.0907. The first-order valence-corrected chi connectivity index (χ1v) is 7.57. The van der Waals surface area contributed by atoms with E-state index < -0.39 is 0 Å². The zero-order valence-electron chi connectivity index (χ0n) is 13.1. The zero-order valence-corrected chi connectivity index (χ0v) is 13.1. The lowest BCUT2D eigenvalue weighted by atomic mass is 10.2. The first-order chi connectivity index (χ1) is 11.2. The van der Waals surface area contributed by atoms with E-state index in [4.69, 9.17) is 18.6 Å². The molecule has 1 aromatic carbocycles. The molecule has 0 fully saturated rings. The van der Waals surface area contributed by atoms with Gasteiger partial charge in [0.05, 0.1) is 0 Å². The van der Waals surface area contributed by atoms with Crippen LogP contribution in [0.1, 0.15) is 36.6 Å². The van der Waals surface area contributed by atoms with Gasteiger partial charge in [0, 0.05) is 12.1 Å². The third kappa shape index (κ3) is 3.59. The molecule has 0 saturated heterocycles. The van der Waals surface area contributed by atoms with Gasteiger partial charge in [0.15, 0.2) is 17.3 Å². The fourth-order valence-corrected chi connectivity index (χ4v) is 2.10. The maximum Gasteiger partial charge on any atom is 0.287 e. The van der Waals surface area contributed by atoms with Crippen LogP contribution in [0.15, 0.2) is 34.7 Å². The minimum atomic E-state index is -0.214. The minimum absolute atomic E-state index is 0.112. The average molecular weight is 317 g/mol. The molecule has 122 valence electrons. The Morgan fingerprint density at radius 1 is 1.26 bits per heavy atom. The van der Waals surface area contributed by atoms with Gasteiger partial charge in [0.25, 0.3) is 5.91 Å². The number of amides is 1. The lowest BCUT2D eigenvalue weighted by Crippen LogP contribution is -2.31. The summed E-state index contributed by atoms with van der Waals surface area (Å²) in [6.07, 6.45) is 0.868. The molecule has 2 heterocycles. The number of nitrogens with one attached hydrogen (secondary N) is 1. The Bertz CT molecular complexity index is 694. The summed E-state index contributed by atoms with van der Waals surface area (Å²) < 4.78 is 21.7. The third-order valence-corrected chi connectivity index (χ3v) is 3.60. The number of hydrogen-bond donors (Lipinski definition) is 1. The molecule has 0 spiro atoms. The van der Waals surface area contributed by atoms with Gasteiger partial charge in [-0.15, -0.1) is 0 Å². The Hall–Kier alpha value is -2.63. The number of fused-ring (bicyclic) bond motifs is 1. The van der Waals surface area contributed by atoms with Crippen LogP contribution in [-0.2, 0) is 6.61 Å². The number of hydrogen-bond acceptors (Lipinski definition) is 5. The van der Waals surface area contributed by atoms with Crippen molar-refractivity contribution in [1.82, 2.24) is 5.32 Å². The number of ether oxygens (including phenoxy) is 3. The molecular formula is C17H19NO5. The summed E-state index contributed by atoms with van der Waals surface area (Å²) in [7, 11) is 0. The van der Waals surface area contributed by atoms with E-state index in [0.29, 0.717) is 23.0 Å². The van der Waals surface area contributed by atoms with Crippen LogP contribution in [0.4, 0.5) is 0 Å². The Morgan fingerprint density at radius 3 is 2.91 bits per heavy atom. The molecule has 0 aliphatic carbocycles. The lowest BCUT2D eigenvalue weighted by Gasteiger charge is -2.09. The molecule has 1 atom stereocenters. The smallest absolute Gasteiger partial charge is 0.287 e. The highest BCUT2D eigenvalue weighted by atomic mass is 16.7. The number of rotatable bonds is 6. The van der Waals surface area contributed by atoms with E-state index in [1.807, 2.05) is 13.8 Å². The molecule has 1 unspecified atom stereocenters. The molecule has 1 aliphatic rings. The Morgan fingerprint density at radius 2 is 2.09 bits per heavy atom. The summed E-state index contributed by atoms with van der Waals surface area (Å²) in [6.45, 7) is 4.42. The van der Waals surface area contributed by atoms with Crippen LogP contribution in [0, 0.1) is 0 Å². The number of furan rings is 1. The third-order valence-electron chi connectivity index (χ3n) is 3.60. The average Bonchev–Trinajstić information content (AvgIpc) is 3.21. The fraction of sp³-hybridized carbons (Fsp3) is 0.353. The minimum Gasteiger partial charge on any atom is -0.486 e. The van der Waals surface area contributed by atoms with Gasteiger partial charge in [-0.2, -0.15) is 0 Å². The van der Waals surface area contributed by atoms with Crippen LogP contribution in [0.2, 0.25) is 0 Å². The highest BCUT2D eigenvalue weighted by Crippen LogP contribution is 2.35. The van der Waals surface area contributed by atoms with Gasteiger partial charge in [0.1, 0.15) is 18.1 Å². The number of carbonyl (C=O) groups is 1. The maximum atomic E-state index is 12.0. The molecular weight excluding hydrogens is 298 g/mol. The Labute approximate surface area is 134 Å². The molecule has 1 amide bonds. The van der Waals surface area contributed by atoms with Crippen LogP contribution >= 0.6 is 0 Å². The topological polar surface area (TPSA) is 69.9 Å². The second kappa shape index (κ2) is 6.64. The van der Waals surface area contributed by atoms with Crippen molar-refractivity contribution < 1.29 is 23.4 Å². The first kappa shape index (κ1) is 15.3. The van der Waals surface area contributed by atoms with Crippen molar-refractivity contribution in [2.75, 3.05) is 6.79 Å². The largest absolute Gasteiger partial charge is 0.486 e. The Kier molecular flexibility index (Phi) is 4.41. The van der Waals surface area contributed by atoms with E-state index in [9.17, 15) is 4.79 Å². The first-order valence-electron chi connectivity index (χ1n) is 7.57. The van der Waals surface area contributed by atoms with E-state index in [-0.39, 0.29) is 31.1 Å². The molecule has 1 N–H and O–H groups in total. The zero-order chi connectivity index (χ0) is 16.2. The molecule has 2 aromatic rings. The fourth-order valence-electron chi connectivity index (χ4n) is 2.10. The van der Waals surface area contributed by atoms with E-state index >= 15 is 0 Å². The van der Waals surface area contributed by atoms with Crippen LogP contribution < -0.4 is 19.5 Å². The Balaban J connectivity index is 1.58. The monoisotopic (exact) mass is 317 g/mol. The summed E-state index contributed by atoms with van der Waals surface area (Å²) in [5.41, 5.74) is 0. The van der Waals surface area contributed by atoms with Crippen molar-refractivity contribution in [3.05, 3.63) is 41.9 Å². The van der Waals surface area contributed by atoms with Crippen LogP contribution in [0.5, 0.6) is 17.2 Å². The summed E-state index contributed by atoms with van der Waals surface area (Å²) in [5.74, 6) is 2.67. The quantitative estimate of drug-likeness (QED) is 0.886. The molecule has 3 rings (SSSR count). The van der Waals surface area contributed by atoms with Gasteiger partial charge in [-0.25, -0.2) is 0 Å². The van der Waals surface area contributed by atoms with Crippen molar-refractivity contribution in [3.8, 4) is 17.2 Å². The van der Waals surface area contributed by atoms with Crippen molar-refractivity contribution in [2.24, 2.45) is 0 Å². The molecule has 1 aliphatic heterocycles. The SMILES string of the molecule is CCC(C)NC(=O)c1ccc(COc2ccc3c(c2)OCO3)o1. The van der Waals surface area contributed by atoms with E-state index in [0.717, 1.165) is 6.42 Å². The molecule has 1 aromatic heterocycles. The van der Waals surface area contributed by atoms with Gasteiger partial charge >= 0.3 is 0 Å². The number of benzene rings is 1. The molecule has 0 radical (unpaired) electrons. The molecule has 0 bridgehead atoms. The standard InChI is InChI=1S/C17H19NO5/c1-3-11(2)18-17(19)15-7-5-13(23-15)9-20-12-4-6-14-16(8-12)22-10-21-14/h4-8,11H,3,9-10H2,1-2H3,(H,18,19). The van der Waals surface area contributed by atoms with Gasteiger partial charge < -0.3 is 23.9 Å². The number of carbonyl (C=O) groups excluding carboxylic acids is 1. The highest BCUT2D eigenvalue weighted by molar-refractivity contribution is 5.91. The summed E-state index contributed by atoms with van der Waals surface area (Å²) in [4.78, 5) is 12.0. The predicted molar refractivity (Wildman–Crippen MR) is 82.8 cm³/mol. The van der Waals surface area contributed by atoms with Crippen molar-refractivity contribution >= 4 is 5.91 Å². The van der Waals surface area contributed by atoms with E-state index in [1.165, 1.54) is 0 Å². The van der Waals surface area contributed by atoms with Crippen molar-refractivity contribution in [2.45, 2.75) is 32.9 Å². The maximum absolute atomic E-state index is 12.0. The molecule has 23 heavy (non-hydrogen) atoms. The van der Waals surface area contributed by atoms with Crippen LogP contribution in [-0.4, -0.2) is 18.7 Å². The summed E-state index contributed by atoms with van der Waals surface area (Å²) in [6, 6.07) is 8.86. The van der Waals surface area contributed by atoms with E-state index in [1.54, 1.807) is 30.3 Å².